The Morgan fingerprint density at radius 1 is 1.37 bits per heavy atom. The molecule has 0 bridgehead atoms. The second kappa shape index (κ2) is 4.78. The van der Waals surface area contributed by atoms with Gasteiger partial charge in [-0.25, -0.2) is 0 Å². The van der Waals surface area contributed by atoms with Crippen LogP contribution in [0.3, 0.4) is 0 Å². The van der Waals surface area contributed by atoms with Crippen molar-refractivity contribution in [2.24, 2.45) is 11.7 Å². The number of likely N-dealkylation sites (tertiary alicyclic amines) is 1. The van der Waals surface area contributed by atoms with Crippen molar-refractivity contribution in [3.8, 4) is 0 Å². The second-order valence-electron chi connectivity index (χ2n) is 6.39. The lowest BCUT2D eigenvalue weighted by molar-refractivity contribution is -0.137. The summed E-state index contributed by atoms with van der Waals surface area (Å²) in [6.07, 6.45) is 6.47. The van der Waals surface area contributed by atoms with Crippen molar-refractivity contribution < 1.29 is 9.59 Å². The Bertz CT molecular complexity index is 390. The van der Waals surface area contributed by atoms with Gasteiger partial charge in [-0.15, -0.1) is 0 Å². The lowest BCUT2D eigenvalue weighted by atomic mass is 9.89. The highest BCUT2D eigenvalue weighted by atomic mass is 16.2. The van der Waals surface area contributed by atoms with E-state index in [-0.39, 0.29) is 29.3 Å². The Balaban J connectivity index is 1.67. The predicted molar refractivity (Wildman–Crippen MR) is 71.2 cm³/mol. The Morgan fingerprint density at radius 2 is 2.11 bits per heavy atom. The fraction of sp³-hybridized carbons (Fsp3) is 0.857. The Kier molecular flexibility index (Phi) is 3.25. The molecule has 3 aliphatic rings. The fourth-order valence-corrected chi connectivity index (χ4v) is 3.92. The zero-order valence-corrected chi connectivity index (χ0v) is 11.4. The van der Waals surface area contributed by atoms with Crippen LogP contribution >= 0.6 is 0 Å². The maximum absolute atomic E-state index is 12.5. The molecule has 19 heavy (non-hydrogen) atoms. The van der Waals surface area contributed by atoms with Crippen LogP contribution in [0, 0.1) is 5.92 Å². The Morgan fingerprint density at radius 3 is 2.84 bits per heavy atom. The van der Waals surface area contributed by atoms with Crippen LogP contribution in [0.15, 0.2) is 0 Å². The number of carbonyl (C=O) groups is 2. The van der Waals surface area contributed by atoms with Crippen LogP contribution in [0.2, 0.25) is 0 Å². The molecule has 1 saturated carbocycles. The van der Waals surface area contributed by atoms with Gasteiger partial charge in [-0.05, 0) is 25.7 Å². The third-order valence-corrected chi connectivity index (χ3v) is 5.02. The SMILES string of the molecule is NC1(CC(=O)N2CCCC3C(=O)NCC32)CCCC1. The molecule has 0 aromatic heterocycles. The lowest BCUT2D eigenvalue weighted by Gasteiger charge is -2.37. The van der Waals surface area contributed by atoms with Crippen molar-refractivity contribution in [3.63, 3.8) is 0 Å². The van der Waals surface area contributed by atoms with Crippen LogP contribution in [0.5, 0.6) is 0 Å². The highest BCUT2D eigenvalue weighted by Crippen LogP contribution is 2.33. The van der Waals surface area contributed by atoms with Crippen molar-refractivity contribution in [1.82, 2.24) is 10.2 Å². The molecule has 2 amide bonds. The van der Waals surface area contributed by atoms with Gasteiger partial charge in [0, 0.05) is 25.0 Å². The van der Waals surface area contributed by atoms with E-state index in [0.717, 1.165) is 45.1 Å². The third kappa shape index (κ3) is 2.36. The quantitative estimate of drug-likeness (QED) is 0.758. The first kappa shape index (κ1) is 12.9. The average Bonchev–Trinajstić information content (AvgIpc) is 2.97. The number of carbonyl (C=O) groups excluding carboxylic acids is 2. The number of amides is 2. The van der Waals surface area contributed by atoms with Crippen LogP contribution in [0.4, 0.5) is 0 Å². The first-order chi connectivity index (χ1) is 9.09. The molecule has 0 spiro atoms. The summed E-state index contributed by atoms with van der Waals surface area (Å²) in [5.74, 6) is 0.274. The molecule has 2 aliphatic heterocycles. The highest BCUT2D eigenvalue weighted by Gasteiger charge is 2.44. The number of hydrogen-bond acceptors (Lipinski definition) is 3. The van der Waals surface area contributed by atoms with Gasteiger partial charge in [0.25, 0.3) is 0 Å². The summed E-state index contributed by atoms with van der Waals surface area (Å²) in [5.41, 5.74) is 6.01. The minimum Gasteiger partial charge on any atom is -0.354 e. The number of hydrogen-bond donors (Lipinski definition) is 2. The van der Waals surface area contributed by atoms with Gasteiger partial charge in [-0.2, -0.15) is 0 Å². The molecule has 2 saturated heterocycles. The molecule has 3 fully saturated rings. The van der Waals surface area contributed by atoms with E-state index in [0.29, 0.717) is 13.0 Å². The zero-order chi connectivity index (χ0) is 13.5. The van der Waals surface area contributed by atoms with Gasteiger partial charge < -0.3 is 16.0 Å². The molecule has 0 aromatic rings. The summed E-state index contributed by atoms with van der Waals surface area (Å²) in [7, 11) is 0. The molecule has 1 aliphatic carbocycles. The summed E-state index contributed by atoms with van der Waals surface area (Å²) in [6, 6.07) is 0.0683. The van der Waals surface area contributed by atoms with Gasteiger partial charge in [0.05, 0.1) is 12.0 Å². The molecule has 5 heteroatoms. The smallest absolute Gasteiger partial charge is 0.225 e. The molecular formula is C14H23N3O2. The van der Waals surface area contributed by atoms with E-state index in [2.05, 4.69) is 5.32 Å². The van der Waals surface area contributed by atoms with Gasteiger partial charge in [0.15, 0.2) is 0 Å². The Labute approximate surface area is 113 Å². The van der Waals surface area contributed by atoms with Gasteiger partial charge in [-0.3, -0.25) is 9.59 Å². The normalized spacial score (nSPS) is 33.1. The van der Waals surface area contributed by atoms with Gasteiger partial charge in [-0.1, -0.05) is 12.8 Å². The van der Waals surface area contributed by atoms with E-state index < -0.39 is 0 Å². The molecule has 3 N–H and O–H groups in total. The molecule has 106 valence electrons. The number of piperidine rings is 1. The predicted octanol–water partition coefficient (Wildman–Crippen LogP) is 0.385. The minimum atomic E-state index is -0.292. The van der Waals surface area contributed by atoms with Crippen molar-refractivity contribution >= 4 is 11.8 Å². The van der Waals surface area contributed by atoms with Crippen LogP contribution in [0.1, 0.15) is 44.9 Å². The molecule has 5 nitrogen and oxygen atoms in total. The number of nitrogens with two attached hydrogens (primary N) is 1. The third-order valence-electron chi connectivity index (χ3n) is 5.02. The minimum absolute atomic E-state index is 0.00926. The van der Waals surface area contributed by atoms with E-state index in [1.165, 1.54) is 0 Å². The van der Waals surface area contributed by atoms with Crippen LogP contribution in [-0.4, -0.2) is 41.4 Å². The zero-order valence-electron chi connectivity index (χ0n) is 11.4. The van der Waals surface area contributed by atoms with E-state index in [9.17, 15) is 9.59 Å². The van der Waals surface area contributed by atoms with E-state index >= 15 is 0 Å². The molecule has 2 unspecified atom stereocenters. The van der Waals surface area contributed by atoms with E-state index in [1.54, 1.807) is 0 Å². The monoisotopic (exact) mass is 265 g/mol. The van der Waals surface area contributed by atoms with Crippen molar-refractivity contribution in [2.45, 2.75) is 56.5 Å². The maximum atomic E-state index is 12.5. The molecule has 0 radical (unpaired) electrons. The highest BCUT2D eigenvalue weighted by molar-refractivity contribution is 5.85. The molecular weight excluding hydrogens is 242 g/mol. The topological polar surface area (TPSA) is 75.4 Å². The summed E-state index contributed by atoms with van der Waals surface area (Å²) in [4.78, 5) is 26.1. The van der Waals surface area contributed by atoms with Crippen LogP contribution < -0.4 is 11.1 Å². The number of nitrogens with zero attached hydrogens (tertiary/aromatic N) is 1. The van der Waals surface area contributed by atoms with Crippen molar-refractivity contribution in [1.29, 1.82) is 0 Å². The fourth-order valence-electron chi connectivity index (χ4n) is 3.92. The van der Waals surface area contributed by atoms with Gasteiger partial charge in [0.1, 0.15) is 0 Å². The summed E-state index contributed by atoms with van der Waals surface area (Å²) >= 11 is 0. The van der Waals surface area contributed by atoms with Crippen LogP contribution in [-0.2, 0) is 9.59 Å². The van der Waals surface area contributed by atoms with Crippen molar-refractivity contribution in [2.75, 3.05) is 13.1 Å². The number of fused-ring (bicyclic) bond motifs is 1. The molecule has 2 atom stereocenters. The molecule has 2 heterocycles. The van der Waals surface area contributed by atoms with E-state index in [1.807, 2.05) is 4.90 Å². The van der Waals surface area contributed by atoms with E-state index in [4.69, 9.17) is 5.73 Å². The maximum Gasteiger partial charge on any atom is 0.225 e. The standard InChI is InChI=1S/C14H23N3O2/c15-14(5-1-2-6-14)8-12(18)17-7-3-4-10-11(17)9-16-13(10)19/h10-11H,1-9,15H2,(H,16,19). The summed E-state index contributed by atoms with van der Waals surface area (Å²) < 4.78 is 0. The van der Waals surface area contributed by atoms with Gasteiger partial charge in [0.2, 0.25) is 11.8 Å². The van der Waals surface area contributed by atoms with Crippen molar-refractivity contribution in [3.05, 3.63) is 0 Å². The summed E-state index contributed by atoms with van der Waals surface area (Å²) in [6.45, 7) is 1.40. The molecule has 3 rings (SSSR count). The number of nitrogens with one attached hydrogen (secondary N) is 1. The van der Waals surface area contributed by atoms with Crippen LogP contribution in [0.25, 0.3) is 0 Å². The molecule has 0 aromatic carbocycles. The van der Waals surface area contributed by atoms with Gasteiger partial charge >= 0.3 is 0 Å². The first-order valence-electron chi connectivity index (χ1n) is 7.45. The largest absolute Gasteiger partial charge is 0.354 e. The average molecular weight is 265 g/mol. The lowest BCUT2D eigenvalue weighted by Crippen LogP contribution is -2.52. The second-order valence-corrected chi connectivity index (χ2v) is 6.39. The first-order valence-corrected chi connectivity index (χ1v) is 7.45. The summed E-state index contributed by atoms with van der Waals surface area (Å²) in [5, 5.41) is 2.89. The Hall–Kier alpha value is -1.10. The number of rotatable bonds is 2.